The number of halogens is 1. The summed E-state index contributed by atoms with van der Waals surface area (Å²) < 4.78 is 13.7. The van der Waals surface area contributed by atoms with Crippen molar-refractivity contribution in [3.05, 3.63) is 35.6 Å². The normalized spacial score (nSPS) is 22.7. The van der Waals surface area contributed by atoms with Crippen molar-refractivity contribution in [2.24, 2.45) is 5.92 Å². The molecule has 2 aliphatic heterocycles. The molecule has 3 rings (SSSR count). The maximum absolute atomic E-state index is 13.7. The number of carbonyl (C=O) groups excluding carboxylic acids is 2. The zero-order valence-electron chi connectivity index (χ0n) is 13.4. The number of hydrogen-bond donors (Lipinski definition) is 0. The van der Waals surface area contributed by atoms with E-state index in [1.807, 2.05) is 11.0 Å². The maximum Gasteiger partial charge on any atom is 0.228 e. The Labute approximate surface area is 135 Å². The number of piperazine rings is 1. The van der Waals surface area contributed by atoms with E-state index in [1.165, 1.54) is 6.07 Å². The van der Waals surface area contributed by atoms with Crippen LogP contribution in [0.3, 0.4) is 0 Å². The molecule has 6 heteroatoms. The molecule has 124 valence electrons. The van der Waals surface area contributed by atoms with Gasteiger partial charge in [0.15, 0.2) is 0 Å². The van der Waals surface area contributed by atoms with Crippen molar-refractivity contribution < 1.29 is 14.0 Å². The minimum atomic E-state index is -0.203. The van der Waals surface area contributed by atoms with E-state index in [1.54, 1.807) is 24.1 Å². The van der Waals surface area contributed by atoms with E-state index in [0.717, 1.165) is 13.1 Å². The van der Waals surface area contributed by atoms with E-state index in [0.29, 0.717) is 38.2 Å². The van der Waals surface area contributed by atoms with Crippen LogP contribution in [0.1, 0.15) is 12.0 Å². The molecule has 0 N–H and O–H groups in total. The summed E-state index contributed by atoms with van der Waals surface area (Å²) in [6.45, 7) is 3.84. The van der Waals surface area contributed by atoms with E-state index in [-0.39, 0.29) is 23.5 Å². The fourth-order valence-electron chi connectivity index (χ4n) is 3.28. The molecule has 0 spiro atoms. The first kappa shape index (κ1) is 15.9. The minimum Gasteiger partial charge on any atom is -0.345 e. The van der Waals surface area contributed by atoms with Crippen LogP contribution in [0.5, 0.6) is 0 Å². The zero-order valence-corrected chi connectivity index (χ0v) is 13.4. The second kappa shape index (κ2) is 6.66. The number of rotatable bonds is 3. The van der Waals surface area contributed by atoms with Crippen LogP contribution >= 0.6 is 0 Å². The Morgan fingerprint density at radius 3 is 2.52 bits per heavy atom. The van der Waals surface area contributed by atoms with Crippen molar-refractivity contribution >= 4 is 11.8 Å². The Balaban J connectivity index is 1.51. The van der Waals surface area contributed by atoms with Gasteiger partial charge in [-0.2, -0.15) is 0 Å². The molecule has 0 bridgehead atoms. The van der Waals surface area contributed by atoms with Gasteiger partial charge in [-0.3, -0.25) is 14.5 Å². The molecule has 5 nitrogen and oxygen atoms in total. The van der Waals surface area contributed by atoms with Crippen molar-refractivity contribution in [3.63, 3.8) is 0 Å². The molecule has 0 radical (unpaired) electrons. The number of nitrogens with zero attached hydrogens (tertiary/aromatic N) is 3. The molecular formula is C17H22FN3O2. The molecule has 1 atom stereocenters. The molecule has 1 aromatic rings. The van der Waals surface area contributed by atoms with E-state index in [2.05, 4.69) is 4.90 Å². The molecule has 0 aromatic heterocycles. The van der Waals surface area contributed by atoms with Gasteiger partial charge < -0.3 is 9.80 Å². The lowest BCUT2D eigenvalue weighted by atomic mass is 10.1. The highest BCUT2D eigenvalue weighted by Gasteiger charge is 2.35. The number of carbonyl (C=O) groups is 2. The van der Waals surface area contributed by atoms with Crippen LogP contribution in [0.2, 0.25) is 0 Å². The second-order valence-electron chi connectivity index (χ2n) is 6.37. The Morgan fingerprint density at radius 1 is 1.22 bits per heavy atom. The lowest BCUT2D eigenvalue weighted by Crippen LogP contribution is -2.50. The van der Waals surface area contributed by atoms with E-state index in [9.17, 15) is 14.0 Å². The van der Waals surface area contributed by atoms with Crippen LogP contribution in [-0.2, 0) is 16.1 Å². The molecule has 1 aromatic carbocycles. The summed E-state index contributed by atoms with van der Waals surface area (Å²) in [6, 6.07) is 6.80. The van der Waals surface area contributed by atoms with Gasteiger partial charge in [-0.15, -0.1) is 0 Å². The van der Waals surface area contributed by atoms with E-state index < -0.39 is 0 Å². The van der Waals surface area contributed by atoms with Gasteiger partial charge in [0, 0.05) is 58.3 Å². The van der Waals surface area contributed by atoms with Crippen molar-refractivity contribution in [3.8, 4) is 0 Å². The monoisotopic (exact) mass is 319 g/mol. The summed E-state index contributed by atoms with van der Waals surface area (Å²) in [5.74, 6) is -0.265. The average molecular weight is 319 g/mol. The van der Waals surface area contributed by atoms with Crippen LogP contribution in [0.4, 0.5) is 4.39 Å². The summed E-state index contributed by atoms with van der Waals surface area (Å²) in [7, 11) is 1.74. The van der Waals surface area contributed by atoms with E-state index >= 15 is 0 Å². The second-order valence-corrected chi connectivity index (χ2v) is 6.37. The standard InChI is InChI=1S/C17H22FN3O2/c1-19-11-14(10-16(19)22)17(23)21-8-6-20(7-9-21)12-13-4-2-3-5-15(13)18/h2-5,14H,6-12H2,1H3/t14-/m0/s1. The van der Waals surface area contributed by atoms with Gasteiger partial charge in [0.25, 0.3) is 0 Å². The molecular weight excluding hydrogens is 297 g/mol. The molecule has 2 saturated heterocycles. The lowest BCUT2D eigenvalue weighted by molar-refractivity contribution is -0.137. The first-order chi connectivity index (χ1) is 11.0. The van der Waals surface area contributed by atoms with Gasteiger partial charge >= 0.3 is 0 Å². The Hall–Kier alpha value is -1.95. The fraction of sp³-hybridized carbons (Fsp3) is 0.529. The topological polar surface area (TPSA) is 43.9 Å². The molecule has 0 unspecified atom stereocenters. The number of hydrogen-bond acceptors (Lipinski definition) is 3. The lowest BCUT2D eigenvalue weighted by Gasteiger charge is -2.35. The predicted octanol–water partition coefficient (Wildman–Crippen LogP) is 0.948. The average Bonchev–Trinajstić information content (AvgIpc) is 2.89. The first-order valence-corrected chi connectivity index (χ1v) is 8.03. The first-order valence-electron chi connectivity index (χ1n) is 8.03. The number of likely N-dealkylation sites (tertiary alicyclic amines) is 1. The van der Waals surface area contributed by atoms with Gasteiger partial charge in [-0.25, -0.2) is 4.39 Å². The largest absolute Gasteiger partial charge is 0.345 e. The molecule has 23 heavy (non-hydrogen) atoms. The van der Waals surface area contributed by atoms with Crippen LogP contribution < -0.4 is 0 Å². The Morgan fingerprint density at radius 2 is 1.91 bits per heavy atom. The molecule has 2 amide bonds. The molecule has 2 heterocycles. The molecule has 2 fully saturated rings. The third kappa shape index (κ3) is 3.52. The van der Waals surface area contributed by atoms with Gasteiger partial charge in [0.2, 0.25) is 11.8 Å². The molecule has 0 aliphatic carbocycles. The summed E-state index contributed by atoms with van der Waals surface area (Å²) in [5, 5.41) is 0. The summed E-state index contributed by atoms with van der Waals surface area (Å²) in [4.78, 5) is 29.7. The third-order valence-electron chi connectivity index (χ3n) is 4.73. The fourth-order valence-corrected chi connectivity index (χ4v) is 3.28. The summed E-state index contributed by atoms with van der Waals surface area (Å²) >= 11 is 0. The maximum atomic E-state index is 13.7. The van der Waals surface area contributed by atoms with Crippen LogP contribution in [0.15, 0.2) is 24.3 Å². The third-order valence-corrected chi connectivity index (χ3v) is 4.73. The van der Waals surface area contributed by atoms with Crippen LogP contribution in [0.25, 0.3) is 0 Å². The number of benzene rings is 1. The quantitative estimate of drug-likeness (QED) is 0.833. The van der Waals surface area contributed by atoms with Gasteiger partial charge in [-0.05, 0) is 6.07 Å². The van der Waals surface area contributed by atoms with Gasteiger partial charge in [0.1, 0.15) is 5.82 Å². The zero-order chi connectivity index (χ0) is 16.4. The SMILES string of the molecule is CN1C[C@@H](C(=O)N2CCN(Cc3ccccc3F)CC2)CC1=O. The minimum absolute atomic E-state index is 0.0431. The van der Waals surface area contributed by atoms with Crippen LogP contribution in [0, 0.1) is 11.7 Å². The Kier molecular flexibility index (Phi) is 4.61. The summed E-state index contributed by atoms with van der Waals surface area (Å²) in [5.41, 5.74) is 0.690. The highest BCUT2D eigenvalue weighted by atomic mass is 19.1. The molecule has 2 aliphatic rings. The summed E-state index contributed by atoms with van der Waals surface area (Å²) in [6.07, 6.45) is 0.324. The Bertz CT molecular complexity index is 599. The number of amides is 2. The predicted molar refractivity (Wildman–Crippen MR) is 84.0 cm³/mol. The smallest absolute Gasteiger partial charge is 0.228 e. The van der Waals surface area contributed by atoms with Gasteiger partial charge in [-0.1, -0.05) is 18.2 Å². The van der Waals surface area contributed by atoms with E-state index in [4.69, 9.17) is 0 Å². The molecule has 0 saturated carbocycles. The van der Waals surface area contributed by atoms with Crippen molar-refractivity contribution in [2.75, 3.05) is 39.8 Å². The van der Waals surface area contributed by atoms with Crippen LogP contribution in [-0.4, -0.2) is 66.3 Å². The van der Waals surface area contributed by atoms with Crippen molar-refractivity contribution in [2.45, 2.75) is 13.0 Å². The van der Waals surface area contributed by atoms with Crippen molar-refractivity contribution in [1.29, 1.82) is 0 Å². The van der Waals surface area contributed by atoms with Gasteiger partial charge in [0.05, 0.1) is 5.92 Å². The highest BCUT2D eigenvalue weighted by molar-refractivity contribution is 5.89. The van der Waals surface area contributed by atoms with Crippen molar-refractivity contribution in [1.82, 2.24) is 14.7 Å². The highest BCUT2D eigenvalue weighted by Crippen LogP contribution is 2.20.